The fourth-order valence-corrected chi connectivity index (χ4v) is 2.68. The number of hydrogen-bond acceptors (Lipinski definition) is 4. The van der Waals surface area contributed by atoms with Gasteiger partial charge in [0.05, 0.1) is 5.69 Å². The molecule has 1 unspecified atom stereocenters. The lowest BCUT2D eigenvalue weighted by Gasteiger charge is -2.23. The Hall–Kier alpha value is -0.450. The Labute approximate surface area is 116 Å². The molecular weight excluding hydrogens is 242 g/mol. The summed E-state index contributed by atoms with van der Waals surface area (Å²) in [7, 11) is 2.19. The Morgan fingerprint density at radius 3 is 2.83 bits per heavy atom. The van der Waals surface area contributed by atoms with Crippen molar-refractivity contribution in [3.63, 3.8) is 0 Å². The van der Waals surface area contributed by atoms with Crippen LogP contribution in [0, 0.1) is 0 Å². The Morgan fingerprint density at radius 1 is 1.39 bits per heavy atom. The molecule has 0 aromatic carbocycles. The highest BCUT2D eigenvalue weighted by atomic mass is 32.1. The van der Waals surface area contributed by atoms with Crippen molar-refractivity contribution in [2.75, 3.05) is 13.6 Å². The molecule has 1 rings (SSSR count). The number of nitrogens with one attached hydrogen (secondary N) is 1. The average molecular weight is 269 g/mol. The van der Waals surface area contributed by atoms with Crippen LogP contribution in [-0.2, 0) is 13.1 Å². The van der Waals surface area contributed by atoms with E-state index in [9.17, 15) is 0 Å². The van der Waals surface area contributed by atoms with Gasteiger partial charge in [-0.3, -0.25) is 4.90 Å². The van der Waals surface area contributed by atoms with Crippen molar-refractivity contribution in [3.8, 4) is 0 Å². The van der Waals surface area contributed by atoms with Gasteiger partial charge in [-0.25, -0.2) is 4.98 Å². The number of hydrogen-bond donors (Lipinski definition) is 1. The zero-order valence-corrected chi connectivity index (χ0v) is 13.0. The van der Waals surface area contributed by atoms with E-state index >= 15 is 0 Å². The summed E-state index contributed by atoms with van der Waals surface area (Å²) in [6.45, 7) is 9.66. The normalized spacial score (nSPS) is 13.2. The van der Waals surface area contributed by atoms with Gasteiger partial charge in [0.15, 0.2) is 0 Å². The van der Waals surface area contributed by atoms with E-state index < -0.39 is 0 Å². The molecule has 0 saturated heterocycles. The van der Waals surface area contributed by atoms with Gasteiger partial charge in [0, 0.05) is 24.5 Å². The van der Waals surface area contributed by atoms with Crippen molar-refractivity contribution in [3.05, 3.63) is 16.1 Å². The van der Waals surface area contributed by atoms with Crippen LogP contribution in [0.2, 0.25) is 0 Å². The van der Waals surface area contributed by atoms with E-state index in [0.717, 1.165) is 19.6 Å². The minimum atomic E-state index is 0.637. The Morgan fingerprint density at radius 2 is 2.17 bits per heavy atom. The molecule has 104 valence electrons. The fourth-order valence-electron chi connectivity index (χ4n) is 1.92. The zero-order valence-electron chi connectivity index (χ0n) is 12.2. The molecule has 0 amide bonds. The van der Waals surface area contributed by atoms with Gasteiger partial charge < -0.3 is 5.32 Å². The summed E-state index contributed by atoms with van der Waals surface area (Å²) in [6.07, 6.45) is 3.68. The first-order valence-corrected chi connectivity index (χ1v) is 7.89. The van der Waals surface area contributed by atoms with Crippen molar-refractivity contribution in [1.29, 1.82) is 0 Å². The third kappa shape index (κ3) is 5.46. The van der Waals surface area contributed by atoms with Crippen molar-refractivity contribution < 1.29 is 0 Å². The molecule has 0 saturated carbocycles. The second-order valence-electron chi connectivity index (χ2n) is 4.96. The van der Waals surface area contributed by atoms with Gasteiger partial charge in [0.2, 0.25) is 0 Å². The van der Waals surface area contributed by atoms with E-state index in [0.29, 0.717) is 6.04 Å². The molecule has 1 atom stereocenters. The summed E-state index contributed by atoms with van der Waals surface area (Å²) >= 11 is 1.77. The van der Waals surface area contributed by atoms with E-state index in [-0.39, 0.29) is 0 Å². The molecule has 1 heterocycles. The first kappa shape index (κ1) is 15.6. The van der Waals surface area contributed by atoms with Crippen molar-refractivity contribution in [2.24, 2.45) is 0 Å². The quantitative estimate of drug-likeness (QED) is 0.697. The summed E-state index contributed by atoms with van der Waals surface area (Å²) in [6, 6.07) is 0.637. The predicted octanol–water partition coefficient (Wildman–Crippen LogP) is 3.26. The zero-order chi connectivity index (χ0) is 13.4. The van der Waals surface area contributed by atoms with Crippen LogP contribution in [0.25, 0.3) is 0 Å². The molecule has 1 aromatic rings. The average Bonchev–Trinajstić information content (AvgIpc) is 2.77. The molecule has 1 N–H and O–H groups in total. The lowest BCUT2D eigenvalue weighted by Crippen LogP contribution is -2.28. The molecule has 0 aliphatic carbocycles. The first-order chi connectivity index (χ1) is 8.67. The van der Waals surface area contributed by atoms with E-state index in [1.165, 1.54) is 30.0 Å². The van der Waals surface area contributed by atoms with Gasteiger partial charge in [-0.2, -0.15) is 0 Å². The molecular formula is C14H27N3S. The van der Waals surface area contributed by atoms with Crippen LogP contribution >= 0.6 is 11.3 Å². The number of rotatable bonds is 9. The maximum absolute atomic E-state index is 4.68. The topological polar surface area (TPSA) is 28.2 Å². The van der Waals surface area contributed by atoms with Gasteiger partial charge in [-0.15, -0.1) is 11.3 Å². The van der Waals surface area contributed by atoms with Crippen molar-refractivity contribution in [1.82, 2.24) is 15.2 Å². The van der Waals surface area contributed by atoms with Crippen LogP contribution in [0.3, 0.4) is 0 Å². The molecule has 4 heteroatoms. The van der Waals surface area contributed by atoms with Gasteiger partial charge in [0.1, 0.15) is 5.01 Å². The molecule has 0 aliphatic rings. The molecule has 18 heavy (non-hydrogen) atoms. The summed E-state index contributed by atoms with van der Waals surface area (Å²) < 4.78 is 0. The highest BCUT2D eigenvalue weighted by Crippen LogP contribution is 2.13. The lowest BCUT2D eigenvalue weighted by molar-refractivity contribution is 0.234. The number of aromatic nitrogens is 1. The monoisotopic (exact) mass is 269 g/mol. The third-order valence-electron chi connectivity index (χ3n) is 3.17. The minimum absolute atomic E-state index is 0.637. The second-order valence-corrected chi connectivity index (χ2v) is 5.90. The van der Waals surface area contributed by atoms with Crippen molar-refractivity contribution in [2.45, 2.75) is 59.2 Å². The molecule has 0 aliphatic heterocycles. The van der Waals surface area contributed by atoms with Crippen LogP contribution in [-0.4, -0.2) is 29.5 Å². The summed E-state index contributed by atoms with van der Waals surface area (Å²) in [5.41, 5.74) is 1.21. The van der Waals surface area contributed by atoms with Gasteiger partial charge in [-0.05, 0) is 33.4 Å². The van der Waals surface area contributed by atoms with Crippen LogP contribution in [0.1, 0.15) is 50.7 Å². The maximum Gasteiger partial charge on any atom is 0.107 e. The standard InChI is InChI=1S/C14H27N3S/c1-5-7-12(3)17(4)10-13-11-18-14(16-13)9-15-8-6-2/h11-12,15H,5-10H2,1-4H3. The van der Waals surface area contributed by atoms with Crippen LogP contribution < -0.4 is 5.32 Å². The highest BCUT2D eigenvalue weighted by molar-refractivity contribution is 7.09. The molecule has 3 nitrogen and oxygen atoms in total. The molecule has 1 aromatic heterocycles. The summed E-state index contributed by atoms with van der Waals surface area (Å²) in [5.74, 6) is 0. The van der Waals surface area contributed by atoms with E-state index in [1.807, 2.05) is 0 Å². The molecule has 0 radical (unpaired) electrons. The van der Waals surface area contributed by atoms with E-state index in [4.69, 9.17) is 0 Å². The molecule has 0 bridgehead atoms. The first-order valence-electron chi connectivity index (χ1n) is 7.01. The number of thiazole rings is 1. The molecule has 0 fully saturated rings. The second kappa shape index (κ2) is 8.62. The summed E-state index contributed by atoms with van der Waals surface area (Å²) in [4.78, 5) is 7.07. The predicted molar refractivity (Wildman–Crippen MR) is 79.9 cm³/mol. The minimum Gasteiger partial charge on any atom is -0.310 e. The molecule has 0 spiro atoms. The van der Waals surface area contributed by atoms with Crippen LogP contribution in [0.4, 0.5) is 0 Å². The lowest BCUT2D eigenvalue weighted by atomic mass is 10.2. The largest absolute Gasteiger partial charge is 0.310 e. The smallest absolute Gasteiger partial charge is 0.107 e. The SMILES string of the molecule is CCCNCc1nc(CN(C)C(C)CCC)cs1. The Balaban J connectivity index is 2.38. The van der Waals surface area contributed by atoms with E-state index in [1.54, 1.807) is 11.3 Å². The Bertz CT molecular complexity index is 325. The summed E-state index contributed by atoms with van der Waals surface area (Å²) in [5, 5.41) is 6.79. The third-order valence-corrected chi connectivity index (χ3v) is 4.07. The van der Waals surface area contributed by atoms with Crippen molar-refractivity contribution >= 4 is 11.3 Å². The van der Waals surface area contributed by atoms with Gasteiger partial charge in [0.25, 0.3) is 0 Å². The fraction of sp³-hybridized carbons (Fsp3) is 0.786. The number of nitrogens with zero attached hydrogens (tertiary/aromatic N) is 2. The van der Waals surface area contributed by atoms with E-state index in [2.05, 4.69) is 48.4 Å². The maximum atomic E-state index is 4.68. The van der Waals surface area contributed by atoms with Crippen LogP contribution in [0.5, 0.6) is 0 Å². The Kier molecular flexibility index (Phi) is 7.47. The highest BCUT2D eigenvalue weighted by Gasteiger charge is 2.10. The van der Waals surface area contributed by atoms with Crippen LogP contribution in [0.15, 0.2) is 5.38 Å². The van der Waals surface area contributed by atoms with Gasteiger partial charge >= 0.3 is 0 Å². The van der Waals surface area contributed by atoms with Gasteiger partial charge in [-0.1, -0.05) is 20.3 Å².